The van der Waals surface area contributed by atoms with Crippen LogP contribution in [0.3, 0.4) is 0 Å². The van der Waals surface area contributed by atoms with E-state index in [2.05, 4.69) is 37.5 Å². The Labute approximate surface area is 121 Å². The van der Waals surface area contributed by atoms with Gasteiger partial charge in [-0.05, 0) is 74.6 Å². The number of benzene rings is 1. The highest BCUT2D eigenvalue weighted by atomic mass is 35.5. The van der Waals surface area contributed by atoms with Crippen LogP contribution in [-0.4, -0.2) is 7.05 Å². The Morgan fingerprint density at radius 3 is 2.74 bits per heavy atom. The molecule has 0 spiro atoms. The quantitative estimate of drug-likeness (QED) is 0.839. The Morgan fingerprint density at radius 2 is 2.16 bits per heavy atom. The number of hydrogen-bond acceptors (Lipinski definition) is 1. The number of halogens is 1. The standard InChI is InChI=1S/C17H24ClN/c1-11-3-6-15(16(18)7-11)17(19-2)10-14-9-12-4-5-13(14)8-12/h3,6-7,12-14,17,19H,4-5,8-10H2,1-2H3. The van der Waals surface area contributed by atoms with Gasteiger partial charge in [0.1, 0.15) is 0 Å². The zero-order chi connectivity index (χ0) is 13.4. The van der Waals surface area contributed by atoms with E-state index in [1.165, 1.54) is 43.2 Å². The fourth-order valence-electron chi connectivity index (χ4n) is 4.28. The van der Waals surface area contributed by atoms with Crippen LogP contribution in [0.2, 0.25) is 5.02 Å². The van der Waals surface area contributed by atoms with Crippen LogP contribution in [-0.2, 0) is 0 Å². The third kappa shape index (κ3) is 2.68. The van der Waals surface area contributed by atoms with Gasteiger partial charge in [-0.15, -0.1) is 0 Å². The van der Waals surface area contributed by atoms with E-state index in [0.29, 0.717) is 6.04 Å². The van der Waals surface area contributed by atoms with E-state index in [9.17, 15) is 0 Å². The van der Waals surface area contributed by atoms with Crippen molar-refractivity contribution >= 4 is 11.6 Å². The monoisotopic (exact) mass is 277 g/mol. The van der Waals surface area contributed by atoms with Crippen LogP contribution in [0.5, 0.6) is 0 Å². The van der Waals surface area contributed by atoms with Gasteiger partial charge in [0.25, 0.3) is 0 Å². The molecule has 0 radical (unpaired) electrons. The average Bonchev–Trinajstić information content (AvgIpc) is 2.99. The summed E-state index contributed by atoms with van der Waals surface area (Å²) < 4.78 is 0. The van der Waals surface area contributed by atoms with Crippen LogP contribution < -0.4 is 5.32 Å². The molecule has 1 aromatic rings. The molecular formula is C17H24ClN. The zero-order valence-corrected chi connectivity index (χ0v) is 12.7. The Balaban J connectivity index is 1.73. The maximum atomic E-state index is 6.43. The molecule has 1 nitrogen and oxygen atoms in total. The predicted molar refractivity (Wildman–Crippen MR) is 81.5 cm³/mol. The molecule has 0 heterocycles. The topological polar surface area (TPSA) is 12.0 Å². The van der Waals surface area contributed by atoms with Gasteiger partial charge in [0.05, 0.1) is 0 Å². The van der Waals surface area contributed by atoms with Gasteiger partial charge in [-0.3, -0.25) is 0 Å². The lowest BCUT2D eigenvalue weighted by atomic mass is 9.82. The molecule has 3 rings (SSSR count). The summed E-state index contributed by atoms with van der Waals surface area (Å²) in [6, 6.07) is 6.87. The molecule has 0 aromatic heterocycles. The minimum atomic E-state index is 0.414. The summed E-state index contributed by atoms with van der Waals surface area (Å²) >= 11 is 6.43. The first-order valence-electron chi connectivity index (χ1n) is 7.60. The molecule has 1 N–H and O–H groups in total. The van der Waals surface area contributed by atoms with Gasteiger partial charge in [-0.2, -0.15) is 0 Å². The van der Waals surface area contributed by atoms with Gasteiger partial charge in [0.15, 0.2) is 0 Å². The van der Waals surface area contributed by atoms with Crippen LogP contribution in [0.1, 0.15) is 49.3 Å². The Bertz CT molecular complexity index is 457. The number of fused-ring (bicyclic) bond motifs is 2. The lowest BCUT2D eigenvalue weighted by molar-refractivity contribution is 0.284. The summed E-state index contributed by atoms with van der Waals surface area (Å²) in [5, 5.41) is 4.40. The van der Waals surface area contributed by atoms with Gasteiger partial charge >= 0.3 is 0 Å². The van der Waals surface area contributed by atoms with Gasteiger partial charge in [-0.1, -0.05) is 30.2 Å². The normalized spacial score (nSPS) is 30.8. The third-order valence-electron chi connectivity index (χ3n) is 5.30. The van der Waals surface area contributed by atoms with E-state index in [1.54, 1.807) is 0 Å². The van der Waals surface area contributed by atoms with Crippen molar-refractivity contribution in [2.75, 3.05) is 7.05 Å². The fourth-order valence-corrected chi connectivity index (χ4v) is 4.65. The largest absolute Gasteiger partial charge is 0.313 e. The van der Waals surface area contributed by atoms with E-state index in [0.717, 1.165) is 22.8 Å². The summed E-state index contributed by atoms with van der Waals surface area (Å²) in [5.41, 5.74) is 2.51. The first-order chi connectivity index (χ1) is 9.17. The second-order valence-corrected chi connectivity index (χ2v) is 6.94. The smallest absolute Gasteiger partial charge is 0.0456 e. The summed E-state index contributed by atoms with van der Waals surface area (Å²) in [6.07, 6.45) is 7.14. The molecule has 4 atom stereocenters. The molecule has 19 heavy (non-hydrogen) atoms. The van der Waals surface area contributed by atoms with Gasteiger partial charge in [0, 0.05) is 11.1 Å². The Morgan fingerprint density at radius 1 is 1.32 bits per heavy atom. The van der Waals surface area contributed by atoms with E-state index >= 15 is 0 Å². The molecule has 2 fully saturated rings. The van der Waals surface area contributed by atoms with Crippen LogP contribution in [0.25, 0.3) is 0 Å². The minimum absolute atomic E-state index is 0.414. The van der Waals surface area contributed by atoms with Crippen LogP contribution in [0, 0.1) is 24.7 Å². The zero-order valence-electron chi connectivity index (χ0n) is 12.0. The minimum Gasteiger partial charge on any atom is -0.313 e. The highest BCUT2D eigenvalue weighted by Gasteiger charge is 2.40. The molecule has 2 bridgehead atoms. The van der Waals surface area contributed by atoms with Crippen LogP contribution in [0.4, 0.5) is 0 Å². The van der Waals surface area contributed by atoms with Gasteiger partial charge < -0.3 is 5.32 Å². The first-order valence-corrected chi connectivity index (χ1v) is 7.98. The lowest BCUT2D eigenvalue weighted by Crippen LogP contribution is -2.23. The van der Waals surface area contributed by atoms with Crippen molar-refractivity contribution < 1.29 is 0 Å². The van der Waals surface area contributed by atoms with Crippen molar-refractivity contribution in [1.29, 1.82) is 0 Å². The summed E-state index contributed by atoms with van der Waals surface area (Å²) in [5.74, 6) is 2.93. The molecule has 1 aromatic carbocycles. The van der Waals surface area contributed by atoms with Crippen LogP contribution in [0.15, 0.2) is 18.2 Å². The Hall–Kier alpha value is -0.530. The number of hydrogen-bond donors (Lipinski definition) is 1. The van der Waals surface area contributed by atoms with E-state index in [1.807, 2.05) is 0 Å². The lowest BCUT2D eigenvalue weighted by Gasteiger charge is -2.27. The molecule has 0 aliphatic heterocycles. The van der Waals surface area contributed by atoms with Gasteiger partial charge in [0.2, 0.25) is 0 Å². The second-order valence-electron chi connectivity index (χ2n) is 6.54. The van der Waals surface area contributed by atoms with Crippen LogP contribution >= 0.6 is 11.6 Å². The molecule has 0 saturated heterocycles. The van der Waals surface area contributed by atoms with E-state index in [4.69, 9.17) is 11.6 Å². The molecule has 2 saturated carbocycles. The third-order valence-corrected chi connectivity index (χ3v) is 5.63. The van der Waals surface area contributed by atoms with Crippen molar-refractivity contribution in [2.45, 2.75) is 45.1 Å². The highest BCUT2D eigenvalue weighted by Crippen LogP contribution is 2.51. The molecule has 4 unspecified atom stereocenters. The summed E-state index contributed by atoms with van der Waals surface area (Å²) in [7, 11) is 2.06. The molecule has 0 amide bonds. The second kappa shape index (κ2) is 5.46. The fraction of sp³-hybridized carbons (Fsp3) is 0.647. The summed E-state index contributed by atoms with van der Waals surface area (Å²) in [4.78, 5) is 0. The van der Waals surface area contributed by atoms with Crippen molar-refractivity contribution in [3.63, 3.8) is 0 Å². The SMILES string of the molecule is CNC(CC1CC2CCC1C2)c1ccc(C)cc1Cl. The number of nitrogens with one attached hydrogen (secondary N) is 1. The van der Waals surface area contributed by atoms with Gasteiger partial charge in [-0.25, -0.2) is 0 Å². The highest BCUT2D eigenvalue weighted by molar-refractivity contribution is 6.31. The predicted octanol–water partition coefficient (Wildman–Crippen LogP) is 4.74. The maximum absolute atomic E-state index is 6.43. The first kappa shape index (κ1) is 13.5. The summed E-state index contributed by atoms with van der Waals surface area (Å²) in [6.45, 7) is 2.10. The molecule has 2 aliphatic carbocycles. The maximum Gasteiger partial charge on any atom is 0.0456 e. The molecule has 2 aliphatic rings. The molecular weight excluding hydrogens is 254 g/mol. The van der Waals surface area contributed by atoms with E-state index in [-0.39, 0.29) is 0 Å². The Kier molecular flexibility index (Phi) is 3.86. The van der Waals surface area contributed by atoms with Crippen molar-refractivity contribution in [3.05, 3.63) is 34.3 Å². The van der Waals surface area contributed by atoms with Crippen molar-refractivity contribution in [2.24, 2.45) is 17.8 Å². The van der Waals surface area contributed by atoms with E-state index < -0.39 is 0 Å². The number of aryl methyl sites for hydroxylation is 1. The van der Waals surface area contributed by atoms with Crippen molar-refractivity contribution in [3.8, 4) is 0 Å². The average molecular weight is 278 g/mol. The molecule has 104 valence electrons. The number of rotatable bonds is 4. The van der Waals surface area contributed by atoms with Crippen molar-refractivity contribution in [1.82, 2.24) is 5.32 Å². The molecule has 2 heteroatoms.